The van der Waals surface area contributed by atoms with Crippen LogP contribution in [0, 0.1) is 0 Å². The second kappa shape index (κ2) is 7.43. The van der Waals surface area contributed by atoms with Crippen LogP contribution in [0.1, 0.15) is 44.9 Å². The summed E-state index contributed by atoms with van der Waals surface area (Å²) < 4.78 is 5.46. The van der Waals surface area contributed by atoms with Crippen molar-refractivity contribution in [3.05, 3.63) is 53.2 Å². The number of ether oxygens (including phenoxy) is 1. The summed E-state index contributed by atoms with van der Waals surface area (Å²) in [5, 5.41) is 20.5. The molecule has 0 saturated carbocycles. The van der Waals surface area contributed by atoms with Crippen molar-refractivity contribution >= 4 is 23.7 Å². The summed E-state index contributed by atoms with van der Waals surface area (Å²) >= 11 is 0. The molecule has 2 rings (SSSR count). The lowest BCUT2D eigenvalue weighted by atomic mass is 10.1. The van der Waals surface area contributed by atoms with E-state index in [0.29, 0.717) is 0 Å². The number of amides is 1. The third kappa shape index (κ3) is 4.77. The Bertz CT molecular complexity index is 814. The molecule has 8 nitrogen and oxygen atoms in total. The predicted molar refractivity (Wildman–Crippen MR) is 88.3 cm³/mol. The Morgan fingerprint density at radius 2 is 1.64 bits per heavy atom. The van der Waals surface area contributed by atoms with Gasteiger partial charge in [-0.2, -0.15) is 0 Å². The zero-order chi connectivity index (χ0) is 18.6. The lowest BCUT2D eigenvalue weighted by Gasteiger charge is -2.12. The molecule has 0 fully saturated rings. The molecule has 0 unspecified atom stereocenters. The number of anilines is 1. The number of carbonyl (C=O) groups is 3. The van der Waals surface area contributed by atoms with Gasteiger partial charge in [-0.05, 0) is 44.2 Å². The van der Waals surface area contributed by atoms with E-state index in [4.69, 9.17) is 14.9 Å². The fourth-order valence-electron chi connectivity index (χ4n) is 1.98. The maximum atomic E-state index is 12.3. The van der Waals surface area contributed by atoms with Gasteiger partial charge in [0.15, 0.2) is 0 Å². The molecule has 130 valence electrons. The van der Waals surface area contributed by atoms with E-state index >= 15 is 0 Å². The molecule has 0 aliphatic rings. The van der Waals surface area contributed by atoms with Crippen molar-refractivity contribution in [3.8, 4) is 5.75 Å². The van der Waals surface area contributed by atoms with E-state index in [1.54, 1.807) is 13.8 Å². The van der Waals surface area contributed by atoms with E-state index in [1.807, 2.05) is 0 Å². The van der Waals surface area contributed by atoms with Crippen LogP contribution >= 0.6 is 0 Å². The van der Waals surface area contributed by atoms with Crippen molar-refractivity contribution in [1.82, 2.24) is 4.98 Å². The molecule has 1 aromatic carbocycles. The largest absolute Gasteiger partial charge is 0.491 e. The average Bonchev–Trinajstić information content (AvgIpc) is 2.54. The lowest BCUT2D eigenvalue weighted by molar-refractivity contribution is 0.0685. The summed E-state index contributed by atoms with van der Waals surface area (Å²) in [4.78, 5) is 38.2. The zero-order valence-corrected chi connectivity index (χ0v) is 13.5. The summed E-state index contributed by atoms with van der Waals surface area (Å²) in [6.07, 6.45) is 0.920. The van der Waals surface area contributed by atoms with Gasteiger partial charge in [0.1, 0.15) is 11.6 Å². The van der Waals surface area contributed by atoms with Gasteiger partial charge in [-0.25, -0.2) is 14.6 Å². The van der Waals surface area contributed by atoms with Gasteiger partial charge in [0.2, 0.25) is 0 Å². The van der Waals surface area contributed by atoms with Gasteiger partial charge in [0.25, 0.3) is 5.91 Å². The van der Waals surface area contributed by atoms with E-state index in [0.717, 1.165) is 6.20 Å². The Kier molecular flexibility index (Phi) is 5.33. The number of benzene rings is 1. The number of nitrogens with one attached hydrogen (secondary N) is 1. The van der Waals surface area contributed by atoms with Crippen LogP contribution in [0.2, 0.25) is 0 Å². The van der Waals surface area contributed by atoms with Crippen LogP contribution in [0.15, 0.2) is 36.5 Å². The highest BCUT2D eigenvalue weighted by Crippen LogP contribution is 2.20. The molecule has 1 amide bonds. The van der Waals surface area contributed by atoms with Gasteiger partial charge in [-0.15, -0.1) is 0 Å². The molecule has 0 aliphatic carbocycles. The molecule has 0 atom stereocenters. The Balaban J connectivity index is 2.26. The quantitative estimate of drug-likeness (QED) is 0.735. The van der Waals surface area contributed by atoms with Crippen molar-refractivity contribution in [2.45, 2.75) is 20.0 Å². The monoisotopic (exact) mass is 344 g/mol. The first-order valence-electron chi connectivity index (χ1n) is 7.32. The first kappa shape index (κ1) is 17.9. The molecule has 2 aromatic rings. The van der Waals surface area contributed by atoms with E-state index in [2.05, 4.69) is 10.3 Å². The average molecular weight is 344 g/mol. The second-order valence-corrected chi connectivity index (χ2v) is 5.41. The van der Waals surface area contributed by atoms with Crippen LogP contribution in [-0.4, -0.2) is 39.1 Å². The van der Waals surface area contributed by atoms with Crippen molar-refractivity contribution in [1.29, 1.82) is 0 Å². The molecule has 25 heavy (non-hydrogen) atoms. The molecule has 0 bridgehead atoms. The normalized spacial score (nSPS) is 10.4. The minimum absolute atomic E-state index is 0.0153. The highest BCUT2D eigenvalue weighted by atomic mass is 16.5. The number of hydrogen-bond donors (Lipinski definition) is 3. The minimum Gasteiger partial charge on any atom is -0.491 e. The summed E-state index contributed by atoms with van der Waals surface area (Å²) in [6.45, 7) is 3.56. The lowest BCUT2D eigenvalue weighted by Crippen LogP contribution is -2.15. The van der Waals surface area contributed by atoms with E-state index in [9.17, 15) is 14.4 Å². The summed E-state index contributed by atoms with van der Waals surface area (Å²) in [6, 6.07) is 6.61. The highest BCUT2D eigenvalue weighted by Gasteiger charge is 2.14. The number of pyridine rings is 1. The molecule has 8 heteroatoms. The Morgan fingerprint density at radius 3 is 2.16 bits per heavy atom. The fraction of sp³-hybridized carbons (Fsp3) is 0.176. The van der Waals surface area contributed by atoms with E-state index in [1.165, 1.54) is 30.3 Å². The molecule has 0 radical (unpaired) electrons. The van der Waals surface area contributed by atoms with Crippen molar-refractivity contribution < 1.29 is 29.3 Å². The van der Waals surface area contributed by atoms with E-state index in [-0.39, 0.29) is 34.4 Å². The number of carboxylic acids is 2. The summed E-state index contributed by atoms with van der Waals surface area (Å²) in [7, 11) is 0. The molecule has 1 heterocycles. The van der Waals surface area contributed by atoms with Crippen molar-refractivity contribution in [2.75, 3.05) is 5.32 Å². The van der Waals surface area contributed by atoms with Crippen LogP contribution < -0.4 is 10.1 Å². The fourth-order valence-corrected chi connectivity index (χ4v) is 1.98. The molecule has 0 spiro atoms. The topological polar surface area (TPSA) is 126 Å². The standard InChI is InChI=1S/C17H16N2O6/c1-9(2)25-13-6-11(5-12(7-13)17(23)24)15(20)19-14-4-3-10(8-18-14)16(21)22/h3-9H,1-2H3,(H,21,22)(H,23,24)(H,18,19,20). The van der Waals surface area contributed by atoms with Crippen LogP contribution in [0.3, 0.4) is 0 Å². The molecular formula is C17H16N2O6. The number of rotatable bonds is 6. The van der Waals surface area contributed by atoms with Crippen molar-refractivity contribution in [2.24, 2.45) is 0 Å². The highest BCUT2D eigenvalue weighted by molar-refractivity contribution is 6.05. The third-order valence-electron chi connectivity index (χ3n) is 3.04. The van der Waals surface area contributed by atoms with Gasteiger partial charge in [0, 0.05) is 11.8 Å². The SMILES string of the molecule is CC(C)Oc1cc(C(=O)O)cc(C(=O)Nc2ccc(C(=O)O)cn2)c1. The number of aromatic nitrogens is 1. The number of aromatic carboxylic acids is 2. The molecule has 0 aliphatic heterocycles. The van der Waals surface area contributed by atoms with Crippen LogP contribution in [0.4, 0.5) is 5.82 Å². The van der Waals surface area contributed by atoms with Crippen LogP contribution in [0.5, 0.6) is 5.75 Å². The Morgan fingerprint density at radius 1 is 1.00 bits per heavy atom. The predicted octanol–water partition coefficient (Wildman–Crippen LogP) is 2.52. The first-order chi connectivity index (χ1) is 11.8. The van der Waals surface area contributed by atoms with Gasteiger partial charge in [-0.3, -0.25) is 4.79 Å². The van der Waals surface area contributed by atoms with Crippen LogP contribution in [-0.2, 0) is 0 Å². The van der Waals surface area contributed by atoms with Gasteiger partial charge >= 0.3 is 11.9 Å². The smallest absolute Gasteiger partial charge is 0.337 e. The summed E-state index contributed by atoms with van der Waals surface area (Å²) in [5.74, 6) is -2.51. The zero-order valence-electron chi connectivity index (χ0n) is 13.5. The van der Waals surface area contributed by atoms with Gasteiger partial charge in [-0.1, -0.05) is 0 Å². The molecule has 3 N–H and O–H groups in total. The maximum absolute atomic E-state index is 12.3. The van der Waals surface area contributed by atoms with E-state index < -0.39 is 17.8 Å². The molecule has 0 saturated heterocycles. The van der Waals surface area contributed by atoms with Gasteiger partial charge < -0.3 is 20.3 Å². The molecule has 1 aromatic heterocycles. The number of carboxylic acid groups (broad SMARTS) is 2. The van der Waals surface area contributed by atoms with Crippen molar-refractivity contribution in [3.63, 3.8) is 0 Å². The Hall–Kier alpha value is -3.42. The minimum atomic E-state index is -1.19. The summed E-state index contributed by atoms with van der Waals surface area (Å²) in [5.41, 5.74) is -0.0179. The Labute approximate surface area is 143 Å². The first-order valence-corrected chi connectivity index (χ1v) is 7.32. The molecular weight excluding hydrogens is 328 g/mol. The third-order valence-corrected chi connectivity index (χ3v) is 3.04. The number of nitrogens with zero attached hydrogens (tertiary/aromatic N) is 1. The van der Waals surface area contributed by atoms with Gasteiger partial charge in [0.05, 0.1) is 17.2 Å². The van der Waals surface area contributed by atoms with Crippen LogP contribution in [0.25, 0.3) is 0 Å². The number of hydrogen-bond acceptors (Lipinski definition) is 5. The maximum Gasteiger partial charge on any atom is 0.337 e. The number of carbonyl (C=O) groups excluding carboxylic acids is 1. The second-order valence-electron chi connectivity index (χ2n) is 5.41.